The predicted octanol–water partition coefficient (Wildman–Crippen LogP) is 1.22. The van der Waals surface area contributed by atoms with E-state index in [-0.39, 0.29) is 5.91 Å². The Morgan fingerprint density at radius 3 is 2.75 bits per heavy atom. The Balaban J connectivity index is 1.95. The molecule has 0 spiro atoms. The average Bonchev–Trinajstić information content (AvgIpc) is 2.89. The second-order valence-electron chi connectivity index (χ2n) is 4.20. The fourth-order valence-electron chi connectivity index (χ4n) is 1.63. The van der Waals surface area contributed by atoms with E-state index in [1.165, 1.54) is 0 Å². The number of benzene rings is 1. The summed E-state index contributed by atoms with van der Waals surface area (Å²) in [5, 5.41) is 6.52. The molecule has 3 N–H and O–H groups in total. The van der Waals surface area contributed by atoms with Gasteiger partial charge in [0.2, 0.25) is 0 Å². The fraction of sp³-hybridized carbons (Fsp3) is 0.200. The molecule has 1 aromatic heterocycles. The Hall–Kier alpha value is -2.58. The predicted molar refractivity (Wildman–Crippen MR) is 74.8 cm³/mol. The summed E-state index contributed by atoms with van der Waals surface area (Å²) in [4.78, 5) is 11.9. The second-order valence-corrected chi connectivity index (χ2v) is 4.20. The zero-order valence-corrected chi connectivity index (χ0v) is 11.1. The lowest BCUT2D eigenvalue weighted by atomic mass is 10.1. The van der Waals surface area contributed by atoms with Crippen LogP contribution in [0.2, 0.25) is 0 Å². The summed E-state index contributed by atoms with van der Waals surface area (Å²) in [6.45, 7) is 2.46. The number of hydrogen-bond donors (Lipinski definition) is 2. The minimum Gasteiger partial charge on any atom is -0.359 e. The molecule has 0 unspecified atom stereocenters. The van der Waals surface area contributed by atoms with Crippen LogP contribution in [0.4, 0.5) is 0 Å². The number of carbonyl (C=O) groups excluding carboxylic acids is 1. The summed E-state index contributed by atoms with van der Waals surface area (Å²) in [6, 6.07) is 8.81. The molecule has 5 heteroatoms. The molecule has 5 nitrogen and oxygen atoms in total. The smallest absolute Gasteiger partial charge is 0.251 e. The van der Waals surface area contributed by atoms with E-state index >= 15 is 0 Å². The number of hydrogen-bond acceptors (Lipinski definition) is 4. The van der Waals surface area contributed by atoms with Crippen molar-refractivity contribution in [3.05, 3.63) is 52.9 Å². The minimum absolute atomic E-state index is 0.169. The van der Waals surface area contributed by atoms with Gasteiger partial charge in [-0.2, -0.15) is 0 Å². The van der Waals surface area contributed by atoms with Gasteiger partial charge in [-0.3, -0.25) is 4.79 Å². The number of nitrogens with one attached hydrogen (secondary N) is 1. The van der Waals surface area contributed by atoms with Crippen LogP contribution in [0.5, 0.6) is 0 Å². The van der Waals surface area contributed by atoms with E-state index < -0.39 is 0 Å². The molecular weight excluding hydrogens is 254 g/mol. The molecule has 0 aliphatic rings. The van der Waals surface area contributed by atoms with Crippen molar-refractivity contribution in [1.82, 2.24) is 10.5 Å². The lowest BCUT2D eigenvalue weighted by Crippen LogP contribution is -2.22. The molecule has 2 rings (SSSR count). The summed E-state index contributed by atoms with van der Waals surface area (Å²) in [5.74, 6) is 6.12. The maximum atomic E-state index is 11.9. The van der Waals surface area contributed by atoms with Gasteiger partial charge in [-0.1, -0.05) is 17.0 Å². The average molecular weight is 269 g/mol. The molecule has 102 valence electrons. The number of aromatic nitrogens is 1. The molecule has 1 aromatic carbocycles. The molecule has 0 aliphatic heterocycles. The van der Waals surface area contributed by atoms with Gasteiger partial charge in [0.05, 0.1) is 18.8 Å². The fourth-order valence-corrected chi connectivity index (χ4v) is 1.63. The van der Waals surface area contributed by atoms with Crippen LogP contribution in [0.3, 0.4) is 0 Å². The Morgan fingerprint density at radius 2 is 2.15 bits per heavy atom. The highest BCUT2D eigenvalue weighted by Crippen LogP contribution is 2.05. The Kier molecular flexibility index (Phi) is 4.53. The molecule has 0 saturated carbocycles. The lowest BCUT2D eigenvalue weighted by Gasteiger charge is -2.02. The van der Waals surface area contributed by atoms with E-state index in [0.29, 0.717) is 24.4 Å². The number of carbonyl (C=O) groups is 1. The molecule has 0 saturated heterocycles. The van der Waals surface area contributed by atoms with E-state index in [9.17, 15) is 4.79 Å². The summed E-state index contributed by atoms with van der Waals surface area (Å²) < 4.78 is 5.02. The van der Waals surface area contributed by atoms with E-state index in [1.54, 1.807) is 30.3 Å². The van der Waals surface area contributed by atoms with E-state index in [1.807, 2.05) is 6.92 Å². The largest absolute Gasteiger partial charge is 0.359 e. The van der Waals surface area contributed by atoms with Crippen LogP contribution in [-0.2, 0) is 6.54 Å². The Bertz CT molecular complexity index is 648. The first-order valence-corrected chi connectivity index (χ1v) is 6.18. The minimum atomic E-state index is -0.169. The van der Waals surface area contributed by atoms with Crippen molar-refractivity contribution in [2.24, 2.45) is 5.73 Å². The van der Waals surface area contributed by atoms with E-state index in [2.05, 4.69) is 22.3 Å². The van der Waals surface area contributed by atoms with Gasteiger partial charge in [-0.25, -0.2) is 0 Å². The van der Waals surface area contributed by atoms with Crippen molar-refractivity contribution in [2.75, 3.05) is 6.54 Å². The number of nitrogens with two attached hydrogens (primary N) is 1. The first-order chi connectivity index (χ1) is 9.69. The Morgan fingerprint density at radius 1 is 1.40 bits per heavy atom. The van der Waals surface area contributed by atoms with Gasteiger partial charge in [0.15, 0.2) is 5.76 Å². The van der Waals surface area contributed by atoms with Crippen LogP contribution >= 0.6 is 0 Å². The molecule has 0 bridgehead atoms. The van der Waals surface area contributed by atoms with Crippen LogP contribution in [0.15, 0.2) is 34.9 Å². The zero-order chi connectivity index (χ0) is 14.4. The van der Waals surface area contributed by atoms with Gasteiger partial charge in [0, 0.05) is 17.2 Å². The third kappa shape index (κ3) is 3.70. The number of aryl methyl sites for hydroxylation is 1. The van der Waals surface area contributed by atoms with Gasteiger partial charge >= 0.3 is 0 Å². The molecule has 0 atom stereocenters. The highest BCUT2D eigenvalue weighted by Gasteiger charge is 2.07. The number of nitrogens with zero attached hydrogens (tertiary/aromatic N) is 1. The molecule has 2 aromatic rings. The molecule has 20 heavy (non-hydrogen) atoms. The second kappa shape index (κ2) is 6.55. The third-order valence-electron chi connectivity index (χ3n) is 2.58. The van der Waals surface area contributed by atoms with Crippen molar-refractivity contribution in [2.45, 2.75) is 13.5 Å². The first-order valence-electron chi connectivity index (χ1n) is 6.18. The quantitative estimate of drug-likeness (QED) is 0.821. The molecular formula is C15H15N3O2. The van der Waals surface area contributed by atoms with Crippen LogP contribution in [0, 0.1) is 18.8 Å². The van der Waals surface area contributed by atoms with Gasteiger partial charge in [-0.15, -0.1) is 0 Å². The highest BCUT2D eigenvalue weighted by atomic mass is 16.5. The van der Waals surface area contributed by atoms with Crippen molar-refractivity contribution in [3.63, 3.8) is 0 Å². The van der Waals surface area contributed by atoms with Crippen molar-refractivity contribution in [3.8, 4) is 11.8 Å². The monoisotopic (exact) mass is 269 g/mol. The summed E-state index contributed by atoms with van der Waals surface area (Å²) in [7, 11) is 0. The van der Waals surface area contributed by atoms with Crippen molar-refractivity contribution < 1.29 is 9.32 Å². The lowest BCUT2D eigenvalue weighted by molar-refractivity contribution is 0.0947. The maximum absolute atomic E-state index is 11.9. The van der Waals surface area contributed by atoms with Crippen molar-refractivity contribution in [1.29, 1.82) is 0 Å². The normalized spacial score (nSPS) is 9.70. The molecule has 0 radical (unpaired) electrons. The molecule has 0 aliphatic carbocycles. The van der Waals surface area contributed by atoms with E-state index in [4.69, 9.17) is 10.3 Å². The topological polar surface area (TPSA) is 81.2 Å². The Labute approximate surface area is 117 Å². The molecule has 1 amide bonds. The third-order valence-corrected chi connectivity index (χ3v) is 2.58. The van der Waals surface area contributed by atoms with Crippen LogP contribution in [0.25, 0.3) is 0 Å². The molecule has 1 heterocycles. The molecule has 0 fully saturated rings. The van der Waals surface area contributed by atoms with Gasteiger partial charge in [0.1, 0.15) is 0 Å². The highest BCUT2D eigenvalue weighted by molar-refractivity contribution is 5.94. The van der Waals surface area contributed by atoms with E-state index in [0.717, 1.165) is 11.3 Å². The van der Waals surface area contributed by atoms with Crippen LogP contribution < -0.4 is 11.1 Å². The van der Waals surface area contributed by atoms with Crippen molar-refractivity contribution >= 4 is 5.91 Å². The number of amides is 1. The van der Waals surface area contributed by atoms with Gasteiger partial charge in [0.25, 0.3) is 5.91 Å². The zero-order valence-electron chi connectivity index (χ0n) is 11.1. The standard InChI is InChI=1S/C15H15N3O2/c1-11-9-14(20-18-11)10-17-15(19)13-6-4-12(5-7-13)3-2-8-16/h4-7,9H,8,10,16H2,1H3,(H,17,19). The summed E-state index contributed by atoms with van der Waals surface area (Å²) in [5.41, 5.74) is 7.49. The first kappa shape index (κ1) is 13.8. The summed E-state index contributed by atoms with van der Waals surface area (Å²) >= 11 is 0. The van der Waals surface area contributed by atoms with Gasteiger partial charge in [-0.05, 0) is 31.2 Å². The van der Waals surface area contributed by atoms with Gasteiger partial charge < -0.3 is 15.6 Å². The van der Waals surface area contributed by atoms with Crippen LogP contribution in [-0.4, -0.2) is 17.6 Å². The summed E-state index contributed by atoms with van der Waals surface area (Å²) in [6.07, 6.45) is 0. The maximum Gasteiger partial charge on any atom is 0.251 e. The number of rotatable bonds is 3. The van der Waals surface area contributed by atoms with Crippen LogP contribution in [0.1, 0.15) is 27.4 Å². The SMILES string of the molecule is Cc1cc(CNC(=O)c2ccc(C#CCN)cc2)on1.